The summed E-state index contributed by atoms with van der Waals surface area (Å²) < 4.78 is 0. The van der Waals surface area contributed by atoms with Crippen molar-refractivity contribution in [2.45, 2.75) is 25.4 Å². The molecule has 0 spiro atoms. The van der Waals surface area contributed by atoms with Crippen molar-refractivity contribution in [2.75, 3.05) is 24.5 Å². The molecule has 0 unspecified atom stereocenters. The van der Waals surface area contributed by atoms with Gasteiger partial charge in [0.05, 0.1) is 6.10 Å². The Morgan fingerprint density at radius 2 is 1.96 bits per heavy atom. The van der Waals surface area contributed by atoms with Gasteiger partial charge in [-0.15, -0.1) is 0 Å². The number of hydrogen-bond acceptors (Lipinski definition) is 3. The number of hydrogen-bond donors (Lipinski definition) is 3. The minimum Gasteiger partial charge on any atom is -0.393 e. The number of aromatic amines is 1. The van der Waals surface area contributed by atoms with Crippen LogP contribution in [0.25, 0.3) is 0 Å². The first-order chi connectivity index (χ1) is 11.2. The lowest BCUT2D eigenvalue weighted by atomic mass is 10.1. The van der Waals surface area contributed by atoms with Crippen LogP contribution in [-0.2, 0) is 6.42 Å². The van der Waals surface area contributed by atoms with E-state index in [0.717, 1.165) is 43.7 Å². The first-order valence-electron chi connectivity index (χ1n) is 8.16. The number of nitrogens with zero attached hydrogens (tertiary/aromatic N) is 1. The summed E-state index contributed by atoms with van der Waals surface area (Å²) in [6.07, 6.45) is 4.13. The lowest BCUT2D eigenvalue weighted by molar-refractivity contribution is 0.0954. The van der Waals surface area contributed by atoms with Crippen LogP contribution in [0.3, 0.4) is 0 Å². The Kier molecular flexibility index (Phi) is 4.98. The van der Waals surface area contributed by atoms with E-state index in [1.807, 2.05) is 42.6 Å². The van der Waals surface area contributed by atoms with Crippen LogP contribution in [-0.4, -0.2) is 41.7 Å². The summed E-state index contributed by atoms with van der Waals surface area (Å²) in [5.41, 5.74) is 2.91. The molecule has 1 aromatic carbocycles. The molecule has 1 aliphatic rings. The average Bonchev–Trinajstić information content (AvgIpc) is 3.09. The summed E-state index contributed by atoms with van der Waals surface area (Å²) in [6, 6.07) is 11.7. The molecule has 3 N–H and O–H groups in total. The largest absolute Gasteiger partial charge is 0.393 e. The van der Waals surface area contributed by atoms with Crippen molar-refractivity contribution < 1.29 is 9.90 Å². The number of nitrogens with one attached hydrogen (secondary N) is 2. The lowest BCUT2D eigenvalue weighted by Gasteiger charge is -2.31. The van der Waals surface area contributed by atoms with Crippen molar-refractivity contribution in [3.8, 4) is 0 Å². The van der Waals surface area contributed by atoms with Gasteiger partial charge in [0.15, 0.2) is 0 Å². The van der Waals surface area contributed by atoms with Gasteiger partial charge in [0, 0.05) is 49.2 Å². The first kappa shape index (κ1) is 15.6. The maximum atomic E-state index is 12.1. The fraction of sp³-hybridized carbons (Fsp3) is 0.389. The number of benzene rings is 1. The first-order valence-corrected chi connectivity index (χ1v) is 8.16. The molecule has 23 heavy (non-hydrogen) atoms. The Labute approximate surface area is 136 Å². The molecular weight excluding hydrogens is 290 g/mol. The summed E-state index contributed by atoms with van der Waals surface area (Å²) in [6.45, 7) is 2.34. The van der Waals surface area contributed by atoms with E-state index in [9.17, 15) is 9.90 Å². The molecule has 5 heteroatoms. The number of aliphatic hydroxyl groups is 1. The van der Waals surface area contributed by atoms with Crippen LogP contribution in [0.1, 0.15) is 28.9 Å². The number of H-pyrrole nitrogens is 1. The normalized spacial score (nSPS) is 15.6. The molecule has 1 fully saturated rings. The number of amides is 1. The molecule has 0 radical (unpaired) electrons. The predicted molar refractivity (Wildman–Crippen MR) is 90.7 cm³/mol. The average molecular weight is 313 g/mol. The van der Waals surface area contributed by atoms with Gasteiger partial charge in [-0.2, -0.15) is 0 Å². The molecule has 2 heterocycles. The molecule has 3 rings (SSSR count). The molecule has 0 saturated carbocycles. The van der Waals surface area contributed by atoms with E-state index < -0.39 is 0 Å². The van der Waals surface area contributed by atoms with E-state index in [0.29, 0.717) is 12.1 Å². The number of carbonyl (C=O) groups excluding carboxylic acids is 1. The molecular formula is C18H23N3O2. The van der Waals surface area contributed by atoms with E-state index in [1.165, 1.54) is 0 Å². The Morgan fingerprint density at radius 1 is 1.22 bits per heavy atom. The summed E-state index contributed by atoms with van der Waals surface area (Å²) in [5, 5.41) is 12.5. The van der Waals surface area contributed by atoms with Crippen molar-refractivity contribution in [3.63, 3.8) is 0 Å². The number of rotatable bonds is 5. The van der Waals surface area contributed by atoms with Gasteiger partial charge >= 0.3 is 0 Å². The highest BCUT2D eigenvalue weighted by molar-refractivity contribution is 5.94. The highest BCUT2D eigenvalue weighted by atomic mass is 16.3. The summed E-state index contributed by atoms with van der Waals surface area (Å²) >= 11 is 0. The third-order valence-corrected chi connectivity index (χ3v) is 4.30. The van der Waals surface area contributed by atoms with Gasteiger partial charge in [0.25, 0.3) is 5.91 Å². The highest BCUT2D eigenvalue weighted by Gasteiger charge is 2.17. The van der Waals surface area contributed by atoms with Gasteiger partial charge in [0.1, 0.15) is 0 Å². The van der Waals surface area contributed by atoms with Gasteiger partial charge in [0.2, 0.25) is 0 Å². The number of aliphatic hydroxyl groups excluding tert-OH is 1. The molecule has 1 aliphatic heterocycles. The summed E-state index contributed by atoms with van der Waals surface area (Å²) in [5.74, 6) is -0.0443. The topological polar surface area (TPSA) is 68.4 Å². The zero-order valence-electron chi connectivity index (χ0n) is 13.2. The van der Waals surface area contributed by atoms with Crippen LogP contribution >= 0.6 is 0 Å². The molecule has 0 atom stereocenters. The number of aromatic nitrogens is 1. The van der Waals surface area contributed by atoms with E-state index in [2.05, 4.69) is 15.2 Å². The monoisotopic (exact) mass is 313 g/mol. The van der Waals surface area contributed by atoms with Crippen molar-refractivity contribution in [1.29, 1.82) is 0 Å². The van der Waals surface area contributed by atoms with E-state index in [1.54, 1.807) is 0 Å². The number of piperidine rings is 1. The third-order valence-electron chi connectivity index (χ3n) is 4.30. The van der Waals surface area contributed by atoms with E-state index in [-0.39, 0.29) is 12.0 Å². The molecule has 0 bridgehead atoms. The van der Waals surface area contributed by atoms with E-state index in [4.69, 9.17) is 0 Å². The van der Waals surface area contributed by atoms with Gasteiger partial charge < -0.3 is 20.3 Å². The number of anilines is 1. The van der Waals surface area contributed by atoms with Crippen molar-refractivity contribution in [3.05, 3.63) is 53.9 Å². The zero-order valence-corrected chi connectivity index (χ0v) is 13.2. The minimum absolute atomic E-state index is 0.0443. The number of carbonyl (C=O) groups is 1. The Bertz CT molecular complexity index is 614. The maximum Gasteiger partial charge on any atom is 0.251 e. The second-order valence-electron chi connectivity index (χ2n) is 5.97. The minimum atomic E-state index is -0.170. The van der Waals surface area contributed by atoms with Crippen LogP contribution in [0.5, 0.6) is 0 Å². The van der Waals surface area contributed by atoms with Crippen LogP contribution in [0, 0.1) is 0 Å². The molecule has 2 aromatic rings. The Balaban J connectivity index is 1.51. The maximum absolute atomic E-state index is 12.1. The molecule has 122 valence electrons. The summed E-state index contributed by atoms with van der Waals surface area (Å²) in [4.78, 5) is 17.5. The molecule has 1 saturated heterocycles. The summed E-state index contributed by atoms with van der Waals surface area (Å²) in [7, 11) is 0. The van der Waals surface area contributed by atoms with Crippen LogP contribution in [0.4, 0.5) is 5.69 Å². The second kappa shape index (κ2) is 7.33. The molecule has 0 aliphatic carbocycles. The van der Waals surface area contributed by atoms with Crippen molar-refractivity contribution >= 4 is 11.6 Å². The SMILES string of the molecule is O=C(NCCc1ccc[nH]1)c1ccc(N2CCC(O)CC2)cc1. The predicted octanol–water partition coefficient (Wildman–Crippen LogP) is 1.95. The van der Waals surface area contributed by atoms with Gasteiger partial charge in [-0.25, -0.2) is 0 Å². The smallest absolute Gasteiger partial charge is 0.251 e. The standard InChI is InChI=1S/C18H23N3O2/c22-17-8-12-21(13-9-17)16-5-3-14(4-6-16)18(23)20-11-7-15-2-1-10-19-15/h1-6,10,17,19,22H,7-9,11-13H2,(H,20,23). The quantitative estimate of drug-likeness (QED) is 0.790. The third kappa shape index (κ3) is 4.13. The zero-order chi connectivity index (χ0) is 16.1. The highest BCUT2D eigenvalue weighted by Crippen LogP contribution is 2.20. The van der Waals surface area contributed by atoms with E-state index >= 15 is 0 Å². The fourth-order valence-electron chi connectivity index (χ4n) is 2.88. The molecule has 1 amide bonds. The Morgan fingerprint density at radius 3 is 2.61 bits per heavy atom. The van der Waals surface area contributed by atoms with Gasteiger partial charge in [-0.05, 0) is 49.2 Å². The van der Waals surface area contributed by atoms with Gasteiger partial charge in [-0.1, -0.05) is 0 Å². The molecule has 5 nitrogen and oxygen atoms in total. The van der Waals surface area contributed by atoms with Crippen LogP contribution in [0.2, 0.25) is 0 Å². The van der Waals surface area contributed by atoms with Crippen molar-refractivity contribution in [2.24, 2.45) is 0 Å². The molecule has 1 aromatic heterocycles. The van der Waals surface area contributed by atoms with Crippen LogP contribution in [0.15, 0.2) is 42.6 Å². The van der Waals surface area contributed by atoms with Crippen molar-refractivity contribution in [1.82, 2.24) is 10.3 Å². The lowest BCUT2D eigenvalue weighted by Crippen LogP contribution is -2.35. The second-order valence-corrected chi connectivity index (χ2v) is 5.97. The fourth-order valence-corrected chi connectivity index (χ4v) is 2.88. The van der Waals surface area contributed by atoms with Gasteiger partial charge in [-0.3, -0.25) is 4.79 Å². The van der Waals surface area contributed by atoms with Crippen LogP contribution < -0.4 is 10.2 Å². The Hall–Kier alpha value is -2.27.